The number of hydrogen-bond acceptors (Lipinski definition) is 2. The van der Waals surface area contributed by atoms with Gasteiger partial charge in [0.25, 0.3) is 0 Å². The van der Waals surface area contributed by atoms with Crippen LogP contribution in [0.25, 0.3) is 0 Å². The molecule has 0 aliphatic carbocycles. The summed E-state index contributed by atoms with van der Waals surface area (Å²) in [5.74, 6) is 0.161. The minimum atomic E-state index is 0.161. The van der Waals surface area contributed by atoms with E-state index in [4.69, 9.17) is 0 Å². The van der Waals surface area contributed by atoms with Crippen LogP contribution in [0.4, 0.5) is 5.69 Å². The number of nitrogens with one attached hydrogen (secondary N) is 2. The zero-order chi connectivity index (χ0) is 18.1. The number of unbranched alkanes of at least 4 members (excludes halogenated alkanes) is 1. The number of rotatable bonds is 9. The van der Waals surface area contributed by atoms with E-state index in [1.165, 1.54) is 22.3 Å². The number of hydrogen-bond donors (Lipinski definition) is 2. The first kappa shape index (κ1) is 19.0. The highest BCUT2D eigenvalue weighted by molar-refractivity contribution is 5.75. The molecule has 2 N–H and O–H groups in total. The molecule has 0 unspecified atom stereocenters. The minimum Gasteiger partial charge on any atom is -0.381 e. The molecule has 0 atom stereocenters. The summed E-state index contributed by atoms with van der Waals surface area (Å²) in [6.45, 7) is 7.91. The van der Waals surface area contributed by atoms with E-state index in [0.29, 0.717) is 13.0 Å². The summed E-state index contributed by atoms with van der Waals surface area (Å²) >= 11 is 0. The molecule has 0 aliphatic rings. The van der Waals surface area contributed by atoms with Crippen molar-refractivity contribution in [2.45, 2.75) is 53.0 Å². The van der Waals surface area contributed by atoms with Crippen LogP contribution in [-0.2, 0) is 17.8 Å². The standard InChI is InChI=1S/C22H30N2O/c1-4-5-6-22(25)23-14-13-19-9-11-21(12-10-19)24-16-20-15-17(2)7-8-18(20)3/h7-12,15,24H,4-6,13-14,16H2,1-3H3,(H,23,25). The zero-order valence-corrected chi connectivity index (χ0v) is 15.7. The number of anilines is 1. The Labute approximate surface area is 151 Å². The average molecular weight is 338 g/mol. The van der Waals surface area contributed by atoms with Gasteiger partial charge in [-0.15, -0.1) is 0 Å². The number of carbonyl (C=O) groups excluding carboxylic acids is 1. The molecule has 0 aliphatic heterocycles. The van der Waals surface area contributed by atoms with Crippen LogP contribution in [0, 0.1) is 13.8 Å². The van der Waals surface area contributed by atoms with Crippen molar-refractivity contribution in [3.63, 3.8) is 0 Å². The lowest BCUT2D eigenvalue weighted by Crippen LogP contribution is -2.25. The van der Waals surface area contributed by atoms with Gasteiger partial charge in [-0.1, -0.05) is 49.2 Å². The molecule has 0 fully saturated rings. The maximum Gasteiger partial charge on any atom is 0.220 e. The number of aryl methyl sites for hydroxylation is 2. The number of amides is 1. The maximum atomic E-state index is 11.6. The van der Waals surface area contributed by atoms with Crippen LogP contribution in [0.15, 0.2) is 42.5 Å². The molecule has 25 heavy (non-hydrogen) atoms. The van der Waals surface area contributed by atoms with Gasteiger partial charge in [0.15, 0.2) is 0 Å². The van der Waals surface area contributed by atoms with Crippen LogP contribution < -0.4 is 10.6 Å². The van der Waals surface area contributed by atoms with E-state index in [1.807, 2.05) is 0 Å². The smallest absolute Gasteiger partial charge is 0.220 e. The molecule has 3 heteroatoms. The third-order valence-electron chi connectivity index (χ3n) is 4.43. The highest BCUT2D eigenvalue weighted by Crippen LogP contribution is 2.15. The van der Waals surface area contributed by atoms with Gasteiger partial charge in [0.05, 0.1) is 0 Å². The van der Waals surface area contributed by atoms with Crippen molar-refractivity contribution < 1.29 is 4.79 Å². The minimum absolute atomic E-state index is 0.161. The van der Waals surface area contributed by atoms with Crippen molar-refractivity contribution >= 4 is 11.6 Å². The Morgan fingerprint density at radius 3 is 2.52 bits per heavy atom. The lowest BCUT2D eigenvalue weighted by Gasteiger charge is -2.11. The Balaban J connectivity index is 1.78. The predicted octanol–water partition coefficient (Wildman–Crippen LogP) is 4.76. The monoisotopic (exact) mass is 338 g/mol. The molecule has 134 valence electrons. The van der Waals surface area contributed by atoms with Crippen molar-refractivity contribution in [3.05, 3.63) is 64.7 Å². The fourth-order valence-electron chi connectivity index (χ4n) is 2.75. The predicted molar refractivity (Wildman–Crippen MR) is 106 cm³/mol. The Bertz CT molecular complexity index is 677. The Morgan fingerprint density at radius 1 is 1.04 bits per heavy atom. The maximum absolute atomic E-state index is 11.6. The second-order valence-electron chi connectivity index (χ2n) is 6.68. The van der Waals surface area contributed by atoms with Crippen LogP contribution in [0.5, 0.6) is 0 Å². The largest absolute Gasteiger partial charge is 0.381 e. The van der Waals surface area contributed by atoms with Crippen molar-refractivity contribution in [1.29, 1.82) is 0 Å². The van der Waals surface area contributed by atoms with Gasteiger partial charge in [-0.25, -0.2) is 0 Å². The molecular formula is C22H30N2O. The molecule has 0 heterocycles. The van der Waals surface area contributed by atoms with Crippen LogP contribution in [0.3, 0.4) is 0 Å². The molecule has 0 spiro atoms. The first-order valence-corrected chi connectivity index (χ1v) is 9.24. The summed E-state index contributed by atoms with van der Waals surface area (Å²) < 4.78 is 0. The lowest BCUT2D eigenvalue weighted by atomic mass is 10.1. The Hall–Kier alpha value is -2.29. The van der Waals surface area contributed by atoms with Crippen molar-refractivity contribution in [2.75, 3.05) is 11.9 Å². The van der Waals surface area contributed by atoms with Crippen LogP contribution in [0.1, 0.15) is 48.4 Å². The number of carbonyl (C=O) groups is 1. The second kappa shape index (κ2) is 9.87. The molecule has 0 radical (unpaired) electrons. The summed E-state index contributed by atoms with van der Waals surface area (Å²) in [6, 6.07) is 15.0. The van der Waals surface area contributed by atoms with Crippen LogP contribution in [-0.4, -0.2) is 12.5 Å². The molecule has 0 aromatic heterocycles. The summed E-state index contributed by atoms with van der Waals surface area (Å²) in [7, 11) is 0. The topological polar surface area (TPSA) is 41.1 Å². The van der Waals surface area contributed by atoms with Gasteiger partial charge in [0, 0.05) is 25.2 Å². The highest BCUT2D eigenvalue weighted by atomic mass is 16.1. The van der Waals surface area contributed by atoms with E-state index in [2.05, 4.69) is 73.9 Å². The zero-order valence-electron chi connectivity index (χ0n) is 15.7. The van der Waals surface area contributed by atoms with Crippen molar-refractivity contribution in [3.8, 4) is 0 Å². The molecule has 1 amide bonds. The first-order valence-electron chi connectivity index (χ1n) is 9.24. The van der Waals surface area contributed by atoms with E-state index in [0.717, 1.165) is 31.5 Å². The fourth-order valence-corrected chi connectivity index (χ4v) is 2.75. The van der Waals surface area contributed by atoms with Gasteiger partial charge in [0.2, 0.25) is 5.91 Å². The van der Waals surface area contributed by atoms with Gasteiger partial charge in [-0.05, 0) is 55.5 Å². The van der Waals surface area contributed by atoms with Gasteiger partial charge < -0.3 is 10.6 Å². The quantitative estimate of drug-likeness (QED) is 0.692. The molecule has 2 rings (SSSR count). The summed E-state index contributed by atoms with van der Waals surface area (Å²) in [4.78, 5) is 11.6. The van der Waals surface area contributed by atoms with Crippen molar-refractivity contribution in [1.82, 2.24) is 5.32 Å². The van der Waals surface area contributed by atoms with Gasteiger partial charge >= 0.3 is 0 Å². The third-order valence-corrected chi connectivity index (χ3v) is 4.43. The first-order chi connectivity index (χ1) is 12.1. The van der Waals surface area contributed by atoms with Gasteiger partial charge in [-0.2, -0.15) is 0 Å². The molecule has 3 nitrogen and oxygen atoms in total. The molecule has 2 aromatic rings. The molecule has 0 bridgehead atoms. The van der Waals surface area contributed by atoms with E-state index in [9.17, 15) is 4.79 Å². The third kappa shape index (κ3) is 6.61. The van der Waals surface area contributed by atoms with Crippen LogP contribution in [0.2, 0.25) is 0 Å². The summed E-state index contributed by atoms with van der Waals surface area (Å²) in [5.41, 5.74) is 6.30. The molecule has 0 saturated carbocycles. The van der Waals surface area contributed by atoms with E-state index in [1.54, 1.807) is 0 Å². The lowest BCUT2D eigenvalue weighted by molar-refractivity contribution is -0.121. The summed E-state index contributed by atoms with van der Waals surface area (Å²) in [6.07, 6.45) is 3.53. The van der Waals surface area contributed by atoms with Crippen molar-refractivity contribution in [2.24, 2.45) is 0 Å². The number of benzene rings is 2. The average Bonchev–Trinajstić information content (AvgIpc) is 2.62. The van der Waals surface area contributed by atoms with E-state index in [-0.39, 0.29) is 5.91 Å². The normalized spacial score (nSPS) is 10.5. The highest BCUT2D eigenvalue weighted by Gasteiger charge is 2.01. The van der Waals surface area contributed by atoms with E-state index >= 15 is 0 Å². The van der Waals surface area contributed by atoms with Gasteiger partial charge in [-0.3, -0.25) is 4.79 Å². The van der Waals surface area contributed by atoms with Crippen LogP contribution >= 0.6 is 0 Å². The van der Waals surface area contributed by atoms with Gasteiger partial charge in [0.1, 0.15) is 0 Å². The molecule has 0 saturated heterocycles. The Morgan fingerprint density at radius 2 is 1.80 bits per heavy atom. The van der Waals surface area contributed by atoms with E-state index < -0.39 is 0 Å². The molecular weight excluding hydrogens is 308 g/mol. The Kier molecular flexibility index (Phi) is 7.52. The second-order valence-corrected chi connectivity index (χ2v) is 6.68. The molecule has 2 aromatic carbocycles. The fraction of sp³-hybridized carbons (Fsp3) is 0.409. The SMILES string of the molecule is CCCCC(=O)NCCc1ccc(NCc2cc(C)ccc2C)cc1. The summed E-state index contributed by atoms with van der Waals surface area (Å²) in [5, 5.41) is 6.47.